The monoisotopic (exact) mass is 525 g/mol. The van der Waals surface area contributed by atoms with Crippen molar-refractivity contribution >= 4 is 51.4 Å². The molecule has 0 aliphatic heterocycles. The number of benzene rings is 3. The quantitative estimate of drug-likeness (QED) is 0.291. The molecule has 1 amide bonds. The molecule has 0 atom stereocenters. The van der Waals surface area contributed by atoms with Crippen LogP contribution in [0.3, 0.4) is 0 Å². The number of pyridine rings is 1. The highest BCUT2D eigenvalue weighted by Gasteiger charge is 2.13. The molecule has 0 aliphatic rings. The van der Waals surface area contributed by atoms with Gasteiger partial charge < -0.3 is 24.8 Å². The first kappa shape index (κ1) is 25.2. The molecule has 2 N–H and O–H groups in total. The van der Waals surface area contributed by atoms with Crippen molar-refractivity contribution in [2.45, 2.75) is 6.42 Å². The maximum absolute atomic E-state index is 13.3. The van der Waals surface area contributed by atoms with Crippen molar-refractivity contribution in [3.05, 3.63) is 83.3 Å². The molecule has 0 saturated carbocycles. The van der Waals surface area contributed by atoms with E-state index in [0.717, 1.165) is 5.39 Å². The molecule has 36 heavy (non-hydrogen) atoms. The second-order valence-electron chi connectivity index (χ2n) is 7.59. The first-order valence-corrected chi connectivity index (χ1v) is 11.5. The summed E-state index contributed by atoms with van der Waals surface area (Å²) in [5.74, 6) is 1.26. The third kappa shape index (κ3) is 5.99. The second kappa shape index (κ2) is 11.2. The van der Waals surface area contributed by atoms with Crippen molar-refractivity contribution in [1.82, 2.24) is 10.3 Å². The average molecular weight is 526 g/mol. The van der Waals surface area contributed by atoms with Gasteiger partial charge in [-0.25, -0.2) is 4.39 Å². The fraction of sp³-hybridized carbons (Fsp3) is 0.115. The highest BCUT2D eigenvalue weighted by atomic mass is 35.5. The summed E-state index contributed by atoms with van der Waals surface area (Å²) in [6.07, 6.45) is 1.61. The molecule has 1 aromatic heterocycles. The lowest BCUT2D eigenvalue weighted by Gasteiger charge is -2.14. The molecular weight excluding hydrogens is 505 g/mol. The molecule has 0 spiro atoms. The first-order valence-electron chi connectivity index (χ1n) is 10.7. The van der Waals surface area contributed by atoms with Crippen LogP contribution in [0.25, 0.3) is 10.9 Å². The molecule has 184 valence electrons. The fourth-order valence-corrected chi connectivity index (χ4v) is 3.93. The van der Waals surface area contributed by atoms with Gasteiger partial charge in [0, 0.05) is 23.3 Å². The Labute approximate surface area is 217 Å². The Kier molecular flexibility index (Phi) is 7.82. The van der Waals surface area contributed by atoms with Crippen LogP contribution in [0.1, 0.15) is 5.56 Å². The van der Waals surface area contributed by atoms with E-state index in [1.807, 2.05) is 0 Å². The zero-order chi connectivity index (χ0) is 25.7. The van der Waals surface area contributed by atoms with Crippen LogP contribution in [0.2, 0.25) is 5.02 Å². The number of methoxy groups -OCH3 is 2. The SMILES string of the molecule is COc1cc2nccc(Oc3ccc(NC(=S)NC(=O)Cc4cccc(F)c4)cc3Cl)c2cc1OC. The summed E-state index contributed by atoms with van der Waals surface area (Å²) in [6, 6.07) is 16.1. The lowest BCUT2D eigenvalue weighted by molar-refractivity contribution is -0.119. The van der Waals surface area contributed by atoms with Crippen LogP contribution in [-0.2, 0) is 11.2 Å². The number of aromatic nitrogens is 1. The lowest BCUT2D eigenvalue weighted by Crippen LogP contribution is -2.35. The standard InChI is InChI=1S/C26H21ClFN3O4S/c1-33-23-13-18-20(14-24(23)34-2)29-9-8-21(18)35-22-7-6-17(12-19(22)27)30-26(36)31-25(32)11-15-4-3-5-16(28)10-15/h3-10,12-14H,11H2,1-2H3,(H2,30,31,32,36). The van der Waals surface area contributed by atoms with Gasteiger partial charge in [-0.2, -0.15) is 0 Å². The number of nitrogens with zero attached hydrogens (tertiary/aromatic N) is 1. The highest BCUT2D eigenvalue weighted by molar-refractivity contribution is 7.80. The van der Waals surface area contributed by atoms with Crippen LogP contribution in [0.5, 0.6) is 23.0 Å². The molecule has 3 aromatic carbocycles. The number of thiocarbonyl (C=S) groups is 1. The molecule has 0 aliphatic carbocycles. The van der Waals surface area contributed by atoms with Crippen molar-refractivity contribution in [3.8, 4) is 23.0 Å². The summed E-state index contributed by atoms with van der Waals surface area (Å²) >= 11 is 11.7. The Bertz CT molecular complexity index is 1450. The maximum atomic E-state index is 13.3. The normalized spacial score (nSPS) is 10.6. The van der Waals surface area contributed by atoms with Crippen molar-refractivity contribution in [2.24, 2.45) is 0 Å². The van der Waals surface area contributed by atoms with Crippen LogP contribution in [0.15, 0.2) is 66.9 Å². The van der Waals surface area contributed by atoms with E-state index in [4.69, 9.17) is 38.0 Å². The molecule has 0 unspecified atom stereocenters. The van der Waals surface area contributed by atoms with Gasteiger partial charge in [0.25, 0.3) is 0 Å². The molecular formula is C26H21ClFN3O4S. The molecule has 0 radical (unpaired) electrons. The topological polar surface area (TPSA) is 81.7 Å². The number of nitrogens with one attached hydrogen (secondary N) is 2. The fourth-order valence-electron chi connectivity index (χ4n) is 3.48. The summed E-state index contributed by atoms with van der Waals surface area (Å²) in [7, 11) is 3.11. The van der Waals surface area contributed by atoms with Gasteiger partial charge >= 0.3 is 0 Å². The molecule has 1 heterocycles. The van der Waals surface area contributed by atoms with Gasteiger partial charge in [0.1, 0.15) is 17.3 Å². The number of carbonyl (C=O) groups is 1. The van der Waals surface area contributed by atoms with Crippen LogP contribution in [0, 0.1) is 5.82 Å². The third-order valence-electron chi connectivity index (χ3n) is 5.12. The van der Waals surface area contributed by atoms with Gasteiger partial charge in [-0.3, -0.25) is 9.78 Å². The van der Waals surface area contributed by atoms with E-state index < -0.39 is 5.82 Å². The highest BCUT2D eigenvalue weighted by Crippen LogP contribution is 2.38. The Morgan fingerprint density at radius 3 is 2.50 bits per heavy atom. The Morgan fingerprint density at radius 2 is 1.78 bits per heavy atom. The van der Waals surface area contributed by atoms with Gasteiger partial charge in [0.05, 0.1) is 31.2 Å². The Morgan fingerprint density at radius 1 is 1.00 bits per heavy atom. The number of anilines is 1. The summed E-state index contributed by atoms with van der Waals surface area (Å²) in [5, 5.41) is 6.59. The molecule has 4 aromatic rings. The van der Waals surface area contributed by atoms with Crippen LogP contribution in [0.4, 0.5) is 10.1 Å². The van der Waals surface area contributed by atoms with Crippen molar-refractivity contribution < 1.29 is 23.4 Å². The van der Waals surface area contributed by atoms with E-state index in [-0.39, 0.29) is 17.4 Å². The number of ether oxygens (including phenoxy) is 3. The number of halogens is 2. The van der Waals surface area contributed by atoms with Crippen LogP contribution < -0.4 is 24.8 Å². The summed E-state index contributed by atoms with van der Waals surface area (Å²) in [4.78, 5) is 16.6. The molecule has 0 saturated heterocycles. The van der Waals surface area contributed by atoms with Crippen LogP contribution >= 0.6 is 23.8 Å². The van der Waals surface area contributed by atoms with E-state index in [2.05, 4.69) is 15.6 Å². The number of amides is 1. The first-order chi connectivity index (χ1) is 17.4. The zero-order valence-electron chi connectivity index (χ0n) is 19.3. The minimum absolute atomic E-state index is 0.0103. The van der Waals surface area contributed by atoms with Crippen molar-refractivity contribution in [3.63, 3.8) is 0 Å². The van der Waals surface area contributed by atoms with Crippen LogP contribution in [-0.4, -0.2) is 30.2 Å². The van der Waals surface area contributed by atoms with Gasteiger partial charge in [-0.15, -0.1) is 0 Å². The number of hydrogen-bond acceptors (Lipinski definition) is 6. The van der Waals surface area contributed by atoms with E-state index in [9.17, 15) is 9.18 Å². The minimum atomic E-state index is -0.406. The minimum Gasteiger partial charge on any atom is -0.493 e. The van der Waals surface area contributed by atoms with E-state index in [0.29, 0.717) is 44.8 Å². The number of carbonyl (C=O) groups excluding carboxylic acids is 1. The van der Waals surface area contributed by atoms with Gasteiger partial charge in [0.2, 0.25) is 5.91 Å². The number of rotatable bonds is 7. The zero-order valence-corrected chi connectivity index (χ0v) is 20.9. The Balaban J connectivity index is 1.44. The molecule has 0 fully saturated rings. The van der Waals surface area contributed by atoms with E-state index >= 15 is 0 Å². The van der Waals surface area contributed by atoms with Crippen molar-refractivity contribution in [1.29, 1.82) is 0 Å². The largest absolute Gasteiger partial charge is 0.493 e. The average Bonchev–Trinajstić information content (AvgIpc) is 2.84. The third-order valence-corrected chi connectivity index (χ3v) is 5.62. The van der Waals surface area contributed by atoms with Gasteiger partial charge in [0.15, 0.2) is 16.6 Å². The predicted octanol–water partition coefficient (Wildman–Crippen LogP) is 5.89. The van der Waals surface area contributed by atoms with E-state index in [1.54, 1.807) is 68.9 Å². The second-order valence-corrected chi connectivity index (χ2v) is 8.41. The molecule has 4 rings (SSSR count). The predicted molar refractivity (Wildman–Crippen MR) is 141 cm³/mol. The van der Waals surface area contributed by atoms with Crippen molar-refractivity contribution in [2.75, 3.05) is 19.5 Å². The van der Waals surface area contributed by atoms with Gasteiger partial charge in [-0.05, 0) is 60.2 Å². The molecule has 10 heteroatoms. The maximum Gasteiger partial charge on any atom is 0.230 e. The summed E-state index contributed by atoms with van der Waals surface area (Å²) in [5.41, 5.74) is 1.76. The summed E-state index contributed by atoms with van der Waals surface area (Å²) in [6.45, 7) is 0. The Hall–Kier alpha value is -3.95. The smallest absolute Gasteiger partial charge is 0.230 e. The van der Waals surface area contributed by atoms with Gasteiger partial charge in [-0.1, -0.05) is 23.7 Å². The summed E-state index contributed by atoms with van der Waals surface area (Å²) < 4.78 is 30.1. The molecule has 7 nitrogen and oxygen atoms in total. The number of fused-ring (bicyclic) bond motifs is 1. The molecule has 0 bridgehead atoms. The lowest BCUT2D eigenvalue weighted by atomic mass is 10.1. The van der Waals surface area contributed by atoms with E-state index in [1.165, 1.54) is 12.1 Å². The number of hydrogen-bond donors (Lipinski definition) is 2.